The van der Waals surface area contributed by atoms with Crippen LogP contribution in [0.4, 0.5) is 5.82 Å². The molecule has 0 saturated carbocycles. The van der Waals surface area contributed by atoms with Gasteiger partial charge >= 0.3 is 0 Å². The summed E-state index contributed by atoms with van der Waals surface area (Å²) in [6.45, 7) is 3.46. The van der Waals surface area contributed by atoms with Crippen LogP contribution in [0.25, 0.3) is 10.1 Å². The van der Waals surface area contributed by atoms with Crippen LogP contribution in [0.5, 0.6) is 0 Å². The molecule has 4 nitrogen and oxygen atoms in total. The minimum absolute atomic E-state index is 0.236. The van der Waals surface area contributed by atoms with Crippen molar-refractivity contribution in [2.24, 2.45) is 0 Å². The molecule has 2 N–H and O–H groups in total. The SMILES string of the molecule is c1cc2sccc2c(NCC2CNCCO2)n1. The monoisotopic (exact) mass is 249 g/mol. The second kappa shape index (κ2) is 5.00. The van der Waals surface area contributed by atoms with E-state index in [9.17, 15) is 0 Å². The molecular weight excluding hydrogens is 234 g/mol. The van der Waals surface area contributed by atoms with E-state index in [0.717, 1.165) is 32.1 Å². The Hall–Kier alpha value is -1.17. The van der Waals surface area contributed by atoms with Crippen LogP contribution in [-0.4, -0.2) is 37.3 Å². The van der Waals surface area contributed by atoms with Crippen LogP contribution in [0.2, 0.25) is 0 Å². The quantitative estimate of drug-likeness (QED) is 0.869. The minimum Gasteiger partial charge on any atom is -0.374 e. The first kappa shape index (κ1) is 11.0. The van der Waals surface area contributed by atoms with Crippen molar-refractivity contribution in [2.45, 2.75) is 6.10 Å². The lowest BCUT2D eigenvalue weighted by atomic mass is 10.3. The number of morpholine rings is 1. The summed E-state index contributed by atoms with van der Waals surface area (Å²) in [6, 6.07) is 4.15. The normalized spacial score (nSPS) is 20.6. The van der Waals surface area contributed by atoms with E-state index in [1.807, 2.05) is 12.3 Å². The van der Waals surface area contributed by atoms with Gasteiger partial charge in [-0.1, -0.05) is 0 Å². The number of ether oxygens (including phenoxy) is 1. The Morgan fingerprint density at radius 1 is 1.53 bits per heavy atom. The molecule has 2 aromatic rings. The zero-order valence-corrected chi connectivity index (χ0v) is 10.3. The Morgan fingerprint density at radius 3 is 3.41 bits per heavy atom. The molecule has 3 heterocycles. The van der Waals surface area contributed by atoms with Gasteiger partial charge in [-0.15, -0.1) is 11.3 Å². The average molecular weight is 249 g/mol. The van der Waals surface area contributed by atoms with Crippen LogP contribution in [0, 0.1) is 0 Å². The number of nitrogens with one attached hydrogen (secondary N) is 2. The molecule has 0 aromatic carbocycles. The fraction of sp³-hybridized carbons (Fsp3) is 0.417. The Labute approximate surface area is 104 Å². The van der Waals surface area contributed by atoms with Gasteiger partial charge in [-0.25, -0.2) is 4.98 Å². The molecule has 0 aliphatic carbocycles. The maximum atomic E-state index is 5.64. The number of fused-ring (bicyclic) bond motifs is 1. The lowest BCUT2D eigenvalue weighted by Gasteiger charge is -2.24. The van der Waals surface area contributed by atoms with Crippen molar-refractivity contribution in [1.82, 2.24) is 10.3 Å². The van der Waals surface area contributed by atoms with E-state index in [1.165, 1.54) is 10.1 Å². The first-order valence-corrected chi connectivity index (χ1v) is 6.70. The standard InChI is InChI=1S/C12H15N3OS/c1-3-14-12(10-2-6-17-11(1)10)15-8-9-7-13-4-5-16-9/h1-3,6,9,13H,4-5,7-8H2,(H,14,15). The Balaban J connectivity index is 1.69. The molecule has 1 aliphatic rings. The first-order chi connectivity index (χ1) is 8.43. The highest BCUT2D eigenvalue weighted by Gasteiger charge is 2.13. The third kappa shape index (κ3) is 2.41. The van der Waals surface area contributed by atoms with Crippen molar-refractivity contribution in [1.29, 1.82) is 0 Å². The average Bonchev–Trinajstić information content (AvgIpc) is 2.86. The molecule has 2 aromatic heterocycles. The second-order valence-electron chi connectivity index (χ2n) is 4.07. The summed E-state index contributed by atoms with van der Waals surface area (Å²) in [5.41, 5.74) is 0. The van der Waals surface area contributed by atoms with Crippen LogP contribution >= 0.6 is 11.3 Å². The van der Waals surface area contributed by atoms with Crippen LogP contribution in [0.3, 0.4) is 0 Å². The molecule has 1 saturated heterocycles. The molecule has 3 rings (SSSR count). The topological polar surface area (TPSA) is 46.2 Å². The molecule has 1 unspecified atom stereocenters. The first-order valence-electron chi connectivity index (χ1n) is 5.82. The summed E-state index contributed by atoms with van der Waals surface area (Å²) in [5, 5.41) is 9.98. The van der Waals surface area contributed by atoms with E-state index < -0.39 is 0 Å². The fourth-order valence-corrected chi connectivity index (χ4v) is 2.78. The number of nitrogens with zero attached hydrogens (tertiary/aromatic N) is 1. The highest BCUT2D eigenvalue weighted by molar-refractivity contribution is 7.17. The number of pyridine rings is 1. The Kier molecular flexibility index (Phi) is 3.22. The molecule has 17 heavy (non-hydrogen) atoms. The zero-order chi connectivity index (χ0) is 11.5. The van der Waals surface area contributed by atoms with E-state index in [1.54, 1.807) is 11.3 Å². The summed E-state index contributed by atoms with van der Waals surface area (Å²) >= 11 is 1.74. The van der Waals surface area contributed by atoms with Crippen LogP contribution < -0.4 is 10.6 Å². The highest BCUT2D eigenvalue weighted by atomic mass is 32.1. The summed E-state index contributed by atoms with van der Waals surface area (Å²) in [6.07, 6.45) is 2.08. The fourth-order valence-electron chi connectivity index (χ4n) is 2.00. The summed E-state index contributed by atoms with van der Waals surface area (Å²) in [4.78, 5) is 4.38. The van der Waals surface area contributed by atoms with E-state index >= 15 is 0 Å². The zero-order valence-electron chi connectivity index (χ0n) is 9.48. The molecule has 0 radical (unpaired) electrons. The second-order valence-corrected chi connectivity index (χ2v) is 5.02. The van der Waals surface area contributed by atoms with E-state index in [4.69, 9.17) is 4.74 Å². The van der Waals surface area contributed by atoms with Gasteiger partial charge in [0.2, 0.25) is 0 Å². The Bertz CT molecular complexity index is 493. The van der Waals surface area contributed by atoms with Crippen molar-refractivity contribution < 1.29 is 4.74 Å². The van der Waals surface area contributed by atoms with Crippen LogP contribution in [0.1, 0.15) is 0 Å². The molecular formula is C12H15N3OS. The van der Waals surface area contributed by atoms with Crippen LogP contribution in [-0.2, 0) is 4.74 Å². The molecule has 0 amide bonds. The Morgan fingerprint density at radius 2 is 2.53 bits per heavy atom. The van der Waals surface area contributed by atoms with Crippen LogP contribution in [0.15, 0.2) is 23.7 Å². The number of anilines is 1. The van der Waals surface area contributed by atoms with Gasteiger partial charge < -0.3 is 15.4 Å². The van der Waals surface area contributed by atoms with Gasteiger partial charge in [0.15, 0.2) is 0 Å². The highest BCUT2D eigenvalue weighted by Crippen LogP contribution is 2.25. The van der Waals surface area contributed by atoms with Gasteiger partial charge in [0.1, 0.15) is 5.82 Å². The van der Waals surface area contributed by atoms with Gasteiger partial charge in [0.05, 0.1) is 12.7 Å². The third-order valence-electron chi connectivity index (χ3n) is 2.88. The number of aromatic nitrogens is 1. The molecule has 1 atom stereocenters. The summed E-state index contributed by atoms with van der Waals surface area (Å²) < 4.78 is 6.91. The van der Waals surface area contributed by atoms with Crippen molar-refractivity contribution in [2.75, 3.05) is 31.6 Å². The van der Waals surface area contributed by atoms with Gasteiger partial charge in [0.25, 0.3) is 0 Å². The molecule has 1 aliphatic heterocycles. The predicted molar refractivity (Wildman–Crippen MR) is 70.7 cm³/mol. The minimum atomic E-state index is 0.236. The van der Waals surface area contributed by atoms with Crippen molar-refractivity contribution >= 4 is 27.2 Å². The predicted octanol–water partition coefficient (Wildman–Crippen LogP) is 1.70. The largest absolute Gasteiger partial charge is 0.374 e. The maximum Gasteiger partial charge on any atom is 0.134 e. The van der Waals surface area contributed by atoms with Crippen molar-refractivity contribution in [3.63, 3.8) is 0 Å². The van der Waals surface area contributed by atoms with E-state index in [-0.39, 0.29) is 6.10 Å². The number of hydrogen-bond acceptors (Lipinski definition) is 5. The molecule has 0 spiro atoms. The number of thiophene rings is 1. The van der Waals surface area contributed by atoms with Crippen molar-refractivity contribution in [3.8, 4) is 0 Å². The molecule has 1 fully saturated rings. The van der Waals surface area contributed by atoms with E-state index in [2.05, 4.69) is 27.1 Å². The van der Waals surface area contributed by atoms with Crippen molar-refractivity contribution in [3.05, 3.63) is 23.7 Å². The van der Waals surface area contributed by atoms with Gasteiger partial charge in [-0.2, -0.15) is 0 Å². The van der Waals surface area contributed by atoms with Gasteiger partial charge in [-0.05, 0) is 17.5 Å². The summed E-state index contributed by atoms with van der Waals surface area (Å²) in [5.74, 6) is 0.956. The summed E-state index contributed by atoms with van der Waals surface area (Å²) in [7, 11) is 0. The maximum absolute atomic E-state index is 5.64. The lowest BCUT2D eigenvalue weighted by molar-refractivity contribution is 0.0372. The molecule has 0 bridgehead atoms. The molecule has 90 valence electrons. The van der Waals surface area contributed by atoms with E-state index in [0.29, 0.717) is 0 Å². The smallest absolute Gasteiger partial charge is 0.134 e. The lowest BCUT2D eigenvalue weighted by Crippen LogP contribution is -2.42. The molecule has 5 heteroatoms. The number of hydrogen-bond donors (Lipinski definition) is 2. The van der Waals surface area contributed by atoms with Gasteiger partial charge in [0, 0.05) is 35.9 Å². The number of rotatable bonds is 3. The van der Waals surface area contributed by atoms with Gasteiger partial charge in [-0.3, -0.25) is 0 Å². The third-order valence-corrected chi connectivity index (χ3v) is 3.76.